The van der Waals surface area contributed by atoms with Gasteiger partial charge in [0.25, 0.3) is 0 Å². The van der Waals surface area contributed by atoms with Gasteiger partial charge in [0.2, 0.25) is 0 Å². The quantitative estimate of drug-likeness (QED) is 0.769. The second kappa shape index (κ2) is 4.70. The summed E-state index contributed by atoms with van der Waals surface area (Å²) in [6.45, 7) is 0.638. The van der Waals surface area contributed by atoms with Gasteiger partial charge in [-0.05, 0) is 24.3 Å². The maximum Gasteiger partial charge on any atom is 0.122 e. The first kappa shape index (κ1) is 11.1. The van der Waals surface area contributed by atoms with E-state index in [-0.39, 0.29) is 0 Å². The number of halogens is 1. The number of rotatable bonds is 3. The third-order valence-electron chi connectivity index (χ3n) is 2.75. The van der Waals surface area contributed by atoms with Gasteiger partial charge in [0.15, 0.2) is 0 Å². The lowest BCUT2D eigenvalue weighted by Gasteiger charge is -2.08. The lowest BCUT2D eigenvalue weighted by atomic mass is 10.2. The van der Waals surface area contributed by atoms with E-state index in [1.165, 1.54) is 0 Å². The van der Waals surface area contributed by atoms with Crippen LogP contribution < -0.4 is 5.32 Å². The zero-order valence-corrected chi connectivity index (χ0v) is 10.3. The Balaban J connectivity index is 1.94. The second-order valence-electron chi connectivity index (χ2n) is 3.93. The molecule has 1 aromatic carbocycles. The number of anilines is 1. The molecule has 2 heterocycles. The molecule has 4 heteroatoms. The summed E-state index contributed by atoms with van der Waals surface area (Å²) in [5.74, 6) is 0.891. The fourth-order valence-electron chi connectivity index (χ4n) is 1.89. The number of benzene rings is 1. The maximum absolute atomic E-state index is 6.12. The molecule has 90 valence electrons. The Morgan fingerprint density at radius 2 is 2.11 bits per heavy atom. The number of hydrogen-bond donors (Lipinski definition) is 1. The molecule has 0 aliphatic carbocycles. The van der Waals surface area contributed by atoms with Crippen LogP contribution in [0.2, 0.25) is 5.02 Å². The van der Waals surface area contributed by atoms with Crippen molar-refractivity contribution in [3.8, 4) is 0 Å². The summed E-state index contributed by atoms with van der Waals surface area (Å²) in [4.78, 5) is 4.29. The summed E-state index contributed by atoms with van der Waals surface area (Å²) < 4.78 is 5.29. The van der Waals surface area contributed by atoms with Crippen molar-refractivity contribution in [3.63, 3.8) is 0 Å². The van der Waals surface area contributed by atoms with Crippen molar-refractivity contribution >= 4 is 28.2 Å². The third kappa shape index (κ3) is 2.05. The lowest BCUT2D eigenvalue weighted by Crippen LogP contribution is -1.99. The zero-order chi connectivity index (χ0) is 12.4. The summed E-state index contributed by atoms with van der Waals surface area (Å²) >= 11 is 6.12. The summed E-state index contributed by atoms with van der Waals surface area (Å²) in [6.07, 6.45) is 3.41. The Morgan fingerprint density at radius 1 is 1.17 bits per heavy atom. The number of nitrogens with zero attached hydrogens (tertiary/aromatic N) is 1. The molecule has 0 saturated heterocycles. The van der Waals surface area contributed by atoms with Crippen molar-refractivity contribution in [2.24, 2.45) is 0 Å². The largest absolute Gasteiger partial charge is 0.467 e. The number of furan rings is 1. The minimum Gasteiger partial charge on any atom is -0.467 e. The number of fused-ring (bicyclic) bond motifs is 1. The molecule has 0 radical (unpaired) electrons. The van der Waals surface area contributed by atoms with E-state index in [0.29, 0.717) is 11.6 Å². The zero-order valence-electron chi connectivity index (χ0n) is 9.56. The first-order valence-electron chi connectivity index (χ1n) is 5.64. The second-order valence-corrected chi connectivity index (χ2v) is 4.33. The van der Waals surface area contributed by atoms with Gasteiger partial charge in [-0.25, -0.2) is 0 Å². The van der Waals surface area contributed by atoms with Gasteiger partial charge in [0.1, 0.15) is 5.76 Å². The summed E-state index contributed by atoms with van der Waals surface area (Å²) in [5, 5.41) is 5.00. The van der Waals surface area contributed by atoms with Crippen LogP contribution in [-0.4, -0.2) is 4.98 Å². The Hall–Kier alpha value is -2.00. The van der Waals surface area contributed by atoms with Crippen molar-refractivity contribution < 1.29 is 4.42 Å². The number of para-hydroxylation sites is 1. The van der Waals surface area contributed by atoms with Crippen molar-refractivity contribution in [3.05, 3.63) is 59.6 Å². The summed E-state index contributed by atoms with van der Waals surface area (Å²) in [7, 11) is 0. The number of hydrogen-bond acceptors (Lipinski definition) is 3. The normalized spacial score (nSPS) is 10.7. The summed E-state index contributed by atoms with van der Waals surface area (Å²) in [6, 6.07) is 11.5. The standard InChI is InChI=1S/C14H11ClN2O/c15-12-5-1-4-11-13(6-7-16-14(11)12)17-9-10-3-2-8-18-10/h1-8H,9H2,(H,16,17). The maximum atomic E-state index is 6.12. The molecule has 3 nitrogen and oxygen atoms in total. The molecule has 3 aromatic rings. The van der Waals surface area contributed by atoms with E-state index in [1.807, 2.05) is 36.4 Å². The highest BCUT2D eigenvalue weighted by Crippen LogP contribution is 2.27. The highest BCUT2D eigenvalue weighted by atomic mass is 35.5. The molecule has 0 aliphatic rings. The Labute approximate surface area is 109 Å². The lowest BCUT2D eigenvalue weighted by molar-refractivity contribution is 0.518. The topological polar surface area (TPSA) is 38.1 Å². The van der Waals surface area contributed by atoms with Crippen LogP contribution in [0.4, 0.5) is 5.69 Å². The van der Waals surface area contributed by atoms with Crippen molar-refractivity contribution in [1.82, 2.24) is 4.98 Å². The van der Waals surface area contributed by atoms with Gasteiger partial charge in [-0.3, -0.25) is 4.98 Å². The third-order valence-corrected chi connectivity index (χ3v) is 3.06. The minimum absolute atomic E-state index is 0.638. The molecule has 0 spiro atoms. The molecule has 0 unspecified atom stereocenters. The first-order valence-corrected chi connectivity index (χ1v) is 6.02. The molecule has 1 N–H and O–H groups in total. The highest BCUT2D eigenvalue weighted by molar-refractivity contribution is 6.35. The monoisotopic (exact) mass is 258 g/mol. The van der Waals surface area contributed by atoms with Crippen LogP contribution in [0, 0.1) is 0 Å². The van der Waals surface area contributed by atoms with E-state index in [2.05, 4.69) is 10.3 Å². The van der Waals surface area contributed by atoms with Gasteiger partial charge >= 0.3 is 0 Å². The minimum atomic E-state index is 0.638. The predicted molar refractivity (Wildman–Crippen MR) is 72.8 cm³/mol. The van der Waals surface area contributed by atoms with Gasteiger partial charge in [0.05, 0.1) is 23.3 Å². The Kier molecular flexibility index (Phi) is 2.90. The molecular formula is C14H11ClN2O. The van der Waals surface area contributed by atoms with E-state index in [4.69, 9.17) is 16.0 Å². The van der Waals surface area contributed by atoms with Crippen LogP contribution in [0.15, 0.2) is 53.3 Å². The number of aromatic nitrogens is 1. The van der Waals surface area contributed by atoms with E-state index >= 15 is 0 Å². The molecule has 18 heavy (non-hydrogen) atoms. The molecular weight excluding hydrogens is 248 g/mol. The molecule has 0 aliphatic heterocycles. The van der Waals surface area contributed by atoms with E-state index in [1.54, 1.807) is 12.5 Å². The van der Waals surface area contributed by atoms with Crippen LogP contribution >= 0.6 is 11.6 Å². The number of pyridine rings is 1. The van der Waals surface area contributed by atoms with Crippen LogP contribution in [0.5, 0.6) is 0 Å². The fourth-order valence-corrected chi connectivity index (χ4v) is 2.11. The highest BCUT2D eigenvalue weighted by Gasteiger charge is 2.05. The van der Waals surface area contributed by atoms with Crippen molar-refractivity contribution in [1.29, 1.82) is 0 Å². The fraction of sp³-hybridized carbons (Fsp3) is 0.0714. The SMILES string of the molecule is Clc1cccc2c(NCc3ccco3)ccnc12. The average Bonchev–Trinajstić information content (AvgIpc) is 2.90. The molecule has 2 aromatic heterocycles. The van der Waals surface area contributed by atoms with Crippen LogP contribution in [0.25, 0.3) is 10.9 Å². The van der Waals surface area contributed by atoms with Gasteiger partial charge in [-0.1, -0.05) is 23.7 Å². The van der Waals surface area contributed by atoms with E-state index in [9.17, 15) is 0 Å². The van der Waals surface area contributed by atoms with Gasteiger partial charge in [-0.2, -0.15) is 0 Å². The Morgan fingerprint density at radius 3 is 2.94 bits per heavy atom. The molecule has 0 amide bonds. The van der Waals surface area contributed by atoms with Crippen molar-refractivity contribution in [2.75, 3.05) is 5.32 Å². The van der Waals surface area contributed by atoms with Gasteiger partial charge < -0.3 is 9.73 Å². The van der Waals surface area contributed by atoms with Crippen LogP contribution in [0.3, 0.4) is 0 Å². The smallest absolute Gasteiger partial charge is 0.122 e. The molecule has 0 bridgehead atoms. The van der Waals surface area contributed by atoms with Crippen LogP contribution in [-0.2, 0) is 6.54 Å². The molecule has 0 fully saturated rings. The molecule has 0 atom stereocenters. The predicted octanol–water partition coefficient (Wildman–Crippen LogP) is 4.09. The van der Waals surface area contributed by atoms with Gasteiger partial charge in [-0.15, -0.1) is 0 Å². The average molecular weight is 259 g/mol. The molecule has 3 rings (SSSR count). The number of nitrogens with one attached hydrogen (secondary N) is 1. The van der Waals surface area contributed by atoms with Crippen molar-refractivity contribution in [2.45, 2.75) is 6.54 Å². The van der Waals surface area contributed by atoms with E-state index < -0.39 is 0 Å². The molecule has 0 saturated carbocycles. The first-order chi connectivity index (χ1) is 8.84. The van der Waals surface area contributed by atoms with Crippen LogP contribution in [0.1, 0.15) is 5.76 Å². The van der Waals surface area contributed by atoms with Gasteiger partial charge in [0, 0.05) is 17.3 Å². The Bertz CT molecular complexity index is 665. The van der Waals surface area contributed by atoms with E-state index in [0.717, 1.165) is 22.4 Å². The summed E-state index contributed by atoms with van der Waals surface area (Å²) in [5.41, 5.74) is 1.81.